The van der Waals surface area contributed by atoms with Crippen LogP contribution >= 0.6 is 11.3 Å². The van der Waals surface area contributed by atoms with Crippen LogP contribution in [-0.2, 0) is 0 Å². The molecule has 0 bridgehead atoms. The average molecular weight is 360 g/mol. The van der Waals surface area contributed by atoms with Crippen molar-refractivity contribution in [2.75, 3.05) is 5.32 Å². The summed E-state index contributed by atoms with van der Waals surface area (Å²) in [6, 6.07) is 15.7. The summed E-state index contributed by atoms with van der Waals surface area (Å²) in [4.78, 5) is 13.4. The molecule has 0 fully saturated rings. The Bertz CT molecular complexity index is 1200. The molecule has 0 aliphatic carbocycles. The number of rotatable bonds is 3. The van der Waals surface area contributed by atoms with Gasteiger partial charge in [-0.05, 0) is 29.7 Å². The fourth-order valence-electron chi connectivity index (χ4n) is 2.96. The maximum Gasteiger partial charge on any atom is 0.294 e. The third kappa shape index (κ3) is 2.46. The first-order valence-corrected chi connectivity index (χ1v) is 8.78. The lowest BCUT2D eigenvalue weighted by Gasteiger charge is -2.07. The van der Waals surface area contributed by atoms with Gasteiger partial charge >= 0.3 is 0 Å². The van der Waals surface area contributed by atoms with Crippen LogP contribution in [0.1, 0.15) is 10.6 Å². The smallest absolute Gasteiger partial charge is 0.294 e. The molecule has 6 nitrogen and oxygen atoms in total. The zero-order chi connectivity index (χ0) is 17.5. The number of anilines is 1. The highest BCUT2D eigenvalue weighted by Crippen LogP contribution is 2.38. The summed E-state index contributed by atoms with van der Waals surface area (Å²) < 4.78 is 6.13. The number of benzene rings is 2. The van der Waals surface area contributed by atoms with Gasteiger partial charge in [0.25, 0.3) is 5.91 Å². The van der Waals surface area contributed by atoms with Crippen LogP contribution in [0.3, 0.4) is 0 Å². The first kappa shape index (κ1) is 14.9. The van der Waals surface area contributed by atoms with E-state index in [1.165, 1.54) is 22.3 Å². The number of aromatic amines is 1. The van der Waals surface area contributed by atoms with Crippen LogP contribution in [0.15, 0.2) is 65.4 Å². The maximum absolute atomic E-state index is 12.3. The highest BCUT2D eigenvalue weighted by atomic mass is 32.1. The lowest BCUT2D eigenvalue weighted by molar-refractivity contribution is 0.0988. The number of thiophene rings is 1. The molecule has 5 aromatic rings. The lowest BCUT2D eigenvalue weighted by atomic mass is 10.1. The predicted octanol–water partition coefficient (Wildman–Crippen LogP) is 4.68. The van der Waals surface area contributed by atoms with Crippen LogP contribution in [-0.4, -0.2) is 21.3 Å². The highest BCUT2D eigenvalue weighted by Gasteiger charge is 2.14. The zero-order valence-corrected chi connectivity index (χ0v) is 14.2. The second-order valence-corrected chi connectivity index (χ2v) is 6.92. The molecule has 7 heteroatoms. The number of aromatic nitrogens is 3. The van der Waals surface area contributed by atoms with Crippen molar-refractivity contribution in [3.05, 3.63) is 66.7 Å². The molecule has 5 rings (SSSR count). The molecule has 1 amide bonds. The van der Waals surface area contributed by atoms with Crippen molar-refractivity contribution in [1.82, 2.24) is 15.4 Å². The molecule has 0 spiro atoms. The highest BCUT2D eigenvalue weighted by molar-refractivity contribution is 7.22. The molecule has 0 unspecified atom stereocenters. The summed E-state index contributed by atoms with van der Waals surface area (Å²) in [7, 11) is 0. The number of amides is 1. The van der Waals surface area contributed by atoms with E-state index in [0.717, 1.165) is 21.3 Å². The van der Waals surface area contributed by atoms with Crippen molar-refractivity contribution in [3.63, 3.8) is 0 Å². The fourth-order valence-corrected chi connectivity index (χ4v) is 4.05. The van der Waals surface area contributed by atoms with Gasteiger partial charge in [0, 0.05) is 32.3 Å². The van der Waals surface area contributed by atoms with Crippen LogP contribution < -0.4 is 5.32 Å². The summed E-state index contributed by atoms with van der Waals surface area (Å²) in [5, 5.41) is 15.7. The van der Waals surface area contributed by atoms with E-state index in [4.69, 9.17) is 4.52 Å². The van der Waals surface area contributed by atoms with Crippen molar-refractivity contribution in [1.29, 1.82) is 0 Å². The van der Waals surface area contributed by atoms with Gasteiger partial charge in [-0.25, -0.2) is 0 Å². The number of nitrogens with one attached hydrogen (secondary N) is 2. The van der Waals surface area contributed by atoms with Gasteiger partial charge in [0.15, 0.2) is 0 Å². The summed E-state index contributed by atoms with van der Waals surface area (Å²) in [6.07, 6.45) is 3.19. The topological polar surface area (TPSA) is 83.8 Å². The first-order valence-electron chi connectivity index (χ1n) is 7.96. The molecule has 3 heterocycles. The minimum Gasteiger partial charge on any atom is -0.351 e. The number of H-pyrrole nitrogens is 1. The quantitative estimate of drug-likeness (QED) is 0.489. The van der Waals surface area contributed by atoms with Crippen LogP contribution in [0.25, 0.3) is 31.4 Å². The monoisotopic (exact) mass is 360 g/mol. The van der Waals surface area contributed by atoms with E-state index in [1.54, 1.807) is 17.5 Å². The van der Waals surface area contributed by atoms with Gasteiger partial charge in [0.05, 0.1) is 17.9 Å². The largest absolute Gasteiger partial charge is 0.351 e. The van der Waals surface area contributed by atoms with Crippen molar-refractivity contribution >= 4 is 43.9 Å². The van der Waals surface area contributed by atoms with Gasteiger partial charge in [0.1, 0.15) is 0 Å². The van der Waals surface area contributed by atoms with Gasteiger partial charge in [-0.2, -0.15) is 5.10 Å². The van der Waals surface area contributed by atoms with E-state index >= 15 is 0 Å². The molecule has 0 aliphatic rings. The third-order valence-electron chi connectivity index (χ3n) is 4.16. The second-order valence-electron chi connectivity index (χ2n) is 5.84. The van der Waals surface area contributed by atoms with E-state index in [0.29, 0.717) is 5.69 Å². The standard InChI is InChI=1S/C19H12N4O2S/c24-19(15-5-6-21-25-15)22-13-7-12-10-20-23-18(12)14(9-13)17-8-11-3-1-2-4-16(11)26-17/h1-10H,(H,20,23)(H,22,24). The zero-order valence-electron chi connectivity index (χ0n) is 13.4. The fraction of sp³-hybridized carbons (Fsp3) is 0. The number of fused-ring (bicyclic) bond motifs is 2. The number of hydrogen-bond donors (Lipinski definition) is 2. The van der Waals surface area contributed by atoms with Gasteiger partial charge in [-0.15, -0.1) is 11.3 Å². The van der Waals surface area contributed by atoms with Gasteiger partial charge in [0.2, 0.25) is 5.76 Å². The molecular formula is C19H12N4O2S. The van der Waals surface area contributed by atoms with Crippen LogP contribution in [0, 0.1) is 0 Å². The van der Waals surface area contributed by atoms with E-state index in [-0.39, 0.29) is 11.7 Å². The van der Waals surface area contributed by atoms with E-state index in [9.17, 15) is 4.79 Å². The molecule has 3 aromatic heterocycles. The molecule has 2 N–H and O–H groups in total. The van der Waals surface area contributed by atoms with Crippen molar-refractivity contribution in [2.45, 2.75) is 0 Å². The summed E-state index contributed by atoms with van der Waals surface area (Å²) in [6.45, 7) is 0. The molecule has 26 heavy (non-hydrogen) atoms. The van der Waals surface area contributed by atoms with Gasteiger partial charge in [-0.3, -0.25) is 9.89 Å². The summed E-state index contributed by atoms with van der Waals surface area (Å²) in [5.74, 6) is -0.173. The molecular weight excluding hydrogens is 348 g/mol. The molecule has 0 saturated carbocycles. The van der Waals surface area contributed by atoms with Crippen molar-refractivity contribution in [3.8, 4) is 10.4 Å². The molecule has 0 saturated heterocycles. The minimum atomic E-state index is -0.340. The van der Waals surface area contributed by atoms with E-state index in [2.05, 4.69) is 38.9 Å². The molecule has 2 aromatic carbocycles. The SMILES string of the molecule is O=C(Nc1cc(-c2cc3ccccc3s2)c2[nH]ncc2c1)c1ccno1. The van der Waals surface area contributed by atoms with Crippen molar-refractivity contribution in [2.24, 2.45) is 0 Å². The summed E-state index contributed by atoms with van der Waals surface area (Å²) >= 11 is 1.70. The Hall–Kier alpha value is -3.45. The third-order valence-corrected chi connectivity index (χ3v) is 5.31. The van der Waals surface area contributed by atoms with Gasteiger partial charge < -0.3 is 9.84 Å². The minimum absolute atomic E-state index is 0.167. The Morgan fingerprint density at radius 3 is 2.88 bits per heavy atom. The van der Waals surface area contributed by atoms with Crippen molar-refractivity contribution < 1.29 is 9.32 Å². The number of carbonyl (C=O) groups is 1. The van der Waals surface area contributed by atoms with E-state index < -0.39 is 0 Å². The number of carbonyl (C=O) groups excluding carboxylic acids is 1. The Balaban J connectivity index is 1.62. The Morgan fingerprint density at radius 1 is 1.12 bits per heavy atom. The van der Waals surface area contributed by atoms with Crippen LogP contribution in [0.2, 0.25) is 0 Å². The maximum atomic E-state index is 12.3. The normalized spacial score (nSPS) is 11.2. The Morgan fingerprint density at radius 2 is 2.04 bits per heavy atom. The van der Waals surface area contributed by atoms with Crippen LogP contribution in [0.4, 0.5) is 5.69 Å². The molecule has 0 atom stereocenters. The molecule has 126 valence electrons. The number of nitrogens with zero attached hydrogens (tertiary/aromatic N) is 2. The predicted molar refractivity (Wildman–Crippen MR) is 101 cm³/mol. The van der Waals surface area contributed by atoms with Gasteiger partial charge in [-0.1, -0.05) is 23.4 Å². The molecule has 0 aliphatic heterocycles. The average Bonchev–Trinajstić information content (AvgIpc) is 3.39. The first-order chi connectivity index (χ1) is 12.8. The van der Waals surface area contributed by atoms with E-state index in [1.807, 2.05) is 24.3 Å². The Labute approximate surface area is 151 Å². The second kappa shape index (κ2) is 5.82. The lowest BCUT2D eigenvalue weighted by Crippen LogP contribution is -2.10. The summed E-state index contributed by atoms with van der Waals surface area (Å²) in [5.41, 5.74) is 2.61. The van der Waals surface area contributed by atoms with Crippen LogP contribution in [0.5, 0.6) is 0 Å². The Kier molecular flexibility index (Phi) is 3.32. The molecule has 0 radical (unpaired) electrons. The number of hydrogen-bond acceptors (Lipinski definition) is 5.